The molecule has 1 aromatic heterocycles. The van der Waals surface area contributed by atoms with Crippen molar-refractivity contribution in [2.45, 2.75) is 21.4 Å². The lowest BCUT2D eigenvalue weighted by atomic mass is 10.1. The summed E-state index contributed by atoms with van der Waals surface area (Å²) < 4.78 is 27.0. The van der Waals surface area contributed by atoms with Gasteiger partial charge in [-0.1, -0.05) is 30.3 Å². The minimum absolute atomic E-state index is 0.186. The number of allylic oxidation sites excluding steroid dienone is 1. The largest absolute Gasteiger partial charge is 0.348 e. The molecule has 7 heteroatoms. The van der Waals surface area contributed by atoms with Gasteiger partial charge in [0, 0.05) is 25.0 Å². The first-order chi connectivity index (χ1) is 12.5. The number of rotatable bonds is 5. The van der Waals surface area contributed by atoms with Gasteiger partial charge in [-0.25, -0.2) is 13.4 Å². The van der Waals surface area contributed by atoms with E-state index >= 15 is 0 Å². The topological polar surface area (TPSA) is 75.2 Å². The summed E-state index contributed by atoms with van der Waals surface area (Å²) in [5.74, 6) is 0.622. The molecule has 132 valence electrons. The number of sulfone groups is 1. The zero-order chi connectivity index (χ0) is 18.2. The predicted molar refractivity (Wildman–Crippen MR) is 106 cm³/mol. The molecular formula is C19H17N3O2S2. The molecule has 0 spiro atoms. The third-order valence-electron chi connectivity index (χ3n) is 4.55. The Morgan fingerprint density at radius 1 is 1.15 bits per heavy atom. The van der Waals surface area contributed by atoms with Crippen LogP contribution in [0.1, 0.15) is 17.5 Å². The summed E-state index contributed by atoms with van der Waals surface area (Å²) in [5.41, 5.74) is 0. The Bertz CT molecular complexity index is 1090. The van der Waals surface area contributed by atoms with Crippen molar-refractivity contribution in [3.63, 3.8) is 0 Å². The number of H-pyrrole nitrogens is 1. The Morgan fingerprint density at radius 3 is 2.65 bits per heavy atom. The van der Waals surface area contributed by atoms with Crippen LogP contribution in [-0.4, -0.2) is 29.5 Å². The first-order valence-electron chi connectivity index (χ1n) is 8.16. The first-order valence-corrected chi connectivity index (χ1v) is 10.2. The normalized spacial score (nSPS) is 20.7. The van der Waals surface area contributed by atoms with Crippen molar-refractivity contribution in [1.82, 2.24) is 9.97 Å². The molecule has 0 radical (unpaired) electrons. The van der Waals surface area contributed by atoms with Crippen LogP contribution >= 0.6 is 12.6 Å². The molecule has 2 aromatic carbocycles. The Kier molecular flexibility index (Phi) is 4.20. The van der Waals surface area contributed by atoms with Crippen molar-refractivity contribution in [2.24, 2.45) is 4.99 Å². The number of aromatic amines is 1. The van der Waals surface area contributed by atoms with Crippen LogP contribution in [0.15, 0.2) is 76.9 Å². The highest BCUT2D eigenvalue weighted by Gasteiger charge is 2.45. The predicted octanol–water partition coefficient (Wildman–Crippen LogP) is 3.73. The van der Waals surface area contributed by atoms with Crippen molar-refractivity contribution in [2.75, 3.05) is 0 Å². The van der Waals surface area contributed by atoms with Crippen LogP contribution in [0.3, 0.4) is 0 Å². The number of thiol groups is 1. The fourth-order valence-corrected chi connectivity index (χ4v) is 5.49. The number of imidazole rings is 1. The smallest absolute Gasteiger partial charge is 0.207 e. The molecule has 0 saturated carbocycles. The Hall–Kier alpha value is -2.38. The van der Waals surface area contributed by atoms with Crippen molar-refractivity contribution >= 4 is 39.5 Å². The van der Waals surface area contributed by atoms with Gasteiger partial charge in [-0.2, -0.15) is 12.6 Å². The van der Waals surface area contributed by atoms with Crippen molar-refractivity contribution in [3.05, 3.63) is 72.8 Å². The fraction of sp³-hybridized carbons (Fsp3) is 0.158. The van der Waals surface area contributed by atoms with Gasteiger partial charge in [-0.05, 0) is 35.1 Å². The molecule has 0 amide bonds. The van der Waals surface area contributed by atoms with Gasteiger partial charge in [0.05, 0.1) is 10.1 Å². The van der Waals surface area contributed by atoms with E-state index < -0.39 is 14.7 Å². The van der Waals surface area contributed by atoms with Gasteiger partial charge >= 0.3 is 0 Å². The molecule has 1 N–H and O–H groups in total. The molecule has 0 fully saturated rings. The molecule has 5 nitrogen and oxygen atoms in total. The second-order valence-electron chi connectivity index (χ2n) is 6.19. The number of benzene rings is 2. The van der Waals surface area contributed by atoms with Gasteiger partial charge in [0.1, 0.15) is 5.82 Å². The highest BCUT2D eigenvalue weighted by atomic mass is 32.2. The minimum atomic E-state index is -3.75. The second kappa shape index (κ2) is 6.41. The van der Waals surface area contributed by atoms with E-state index in [0.29, 0.717) is 5.82 Å². The summed E-state index contributed by atoms with van der Waals surface area (Å²) in [6, 6.07) is 12.8. The van der Waals surface area contributed by atoms with Gasteiger partial charge < -0.3 is 4.98 Å². The maximum atomic E-state index is 13.5. The lowest BCUT2D eigenvalue weighted by molar-refractivity contribution is 0.539. The third-order valence-corrected chi connectivity index (χ3v) is 7.19. The number of hydrogen-bond donors (Lipinski definition) is 2. The Labute approximate surface area is 157 Å². The molecule has 2 atom stereocenters. The van der Waals surface area contributed by atoms with Crippen LogP contribution in [0, 0.1) is 0 Å². The van der Waals surface area contributed by atoms with E-state index in [1.807, 2.05) is 30.3 Å². The van der Waals surface area contributed by atoms with E-state index in [9.17, 15) is 8.42 Å². The van der Waals surface area contributed by atoms with E-state index in [1.54, 1.807) is 36.7 Å². The molecule has 4 rings (SSSR count). The van der Waals surface area contributed by atoms with E-state index in [1.165, 1.54) is 6.21 Å². The van der Waals surface area contributed by atoms with Crippen LogP contribution in [0.4, 0.5) is 0 Å². The third kappa shape index (κ3) is 2.77. The molecule has 26 heavy (non-hydrogen) atoms. The number of aromatic nitrogens is 2. The monoisotopic (exact) mass is 383 g/mol. The summed E-state index contributed by atoms with van der Waals surface area (Å²) in [6.07, 6.45) is 8.32. The highest BCUT2D eigenvalue weighted by molar-refractivity contribution is 7.93. The Morgan fingerprint density at radius 2 is 1.96 bits per heavy atom. The van der Waals surface area contributed by atoms with Gasteiger partial charge in [-0.15, -0.1) is 0 Å². The Balaban J connectivity index is 1.77. The fourth-order valence-electron chi connectivity index (χ4n) is 3.17. The number of nitrogens with zero attached hydrogens (tertiary/aromatic N) is 2. The standard InChI is InChI=1S/C19H17N3O2S2/c23-26(24,16-7-6-14-4-1-2-5-15(14)12-16)19(8-3-9-22-19)13-17(25)18-20-10-11-21-18/h1-12,17,25H,13H2,(H,20,21). The van der Waals surface area contributed by atoms with Crippen LogP contribution in [0.2, 0.25) is 0 Å². The van der Waals surface area contributed by atoms with E-state index in [0.717, 1.165) is 10.8 Å². The second-order valence-corrected chi connectivity index (χ2v) is 9.00. The summed E-state index contributed by atoms with van der Waals surface area (Å²) >= 11 is 4.55. The van der Waals surface area contributed by atoms with Crippen LogP contribution in [0.5, 0.6) is 0 Å². The van der Waals surface area contributed by atoms with Crippen molar-refractivity contribution in [3.8, 4) is 0 Å². The van der Waals surface area contributed by atoms with Gasteiger partial charge in [-0.3, -0.25) is 4.99 Å². The van der Waals surface area contributed by atoms with E-state index in [2.05, 4.69) is 27.6 Å². The summed E-state index contributed by atoms with van der Waals surface area (Å²) in [7, 11) is -3.75. The number of hydrogen-bond acceptors (Lipinski definition) is 5. The molecule has 3 aromatic rings. The summed E-state index contributed by atoms with van der Waals surface area (Å²) in [6.45, 7) is 0. The van der Waals surface area contributed by atoms with Gasteiger partial charge in [0.2, 0.25) is 9.84 Å². The van der Waals surface area contributed by atoms with E-state index in [-0.39, 0.29) is 16.6 Å². The highest BCUT2D eigenvalue weighted by Crippen LogP contribution is 2.40. The number of fused-ring (bicyclic) bond motifs is 1. The maximum Gasteiger partial charge on any atom is 0.207 e. The molecule has 1 aliphatic heterocycles. The average Bonchev–Trinajstić information content (AvgIpc) is 3.34. The summed E-state index contributed by atoms with van der Waals surface area (Å²) in [5, 5.41) is 1.48. The first kappa shape index (κ1) is 17.1. The summed E-state index contributed by atoms with van der Waals surface area (Å²) in [4.78, 5) is 10.4. The van der Waals surface area contributed by atoms with Crippen LogP contribution < -0.4 is 0 Å². The van der Waals surface area contributed by atoms with Crippen LogP contribution in [-0.2, 0) is 9.84 Å². The quantitative estimate of drug-likeness (QED) is 0.659. The van der Waals surface area contributed by atoms with Gasteiger partial charge in [0.25, 0.3) is 0 Å². The van der Waals surface area contributed by atoms with E-state index in [4.69, 9.17) is 0 Å². The minimum Gasteiger partial charge on any atom is -0.348 e. The average molecular weight is 383 g/mol. The van der Waals surface area contributed by atoms with Crippen molar-refractivity contribution < 1.29 is 8.42 Å². The molecule has 0 aliphatic carbocycles. The molecule has 0 bridgehead atoms. The molecule has 2 heterocycles. The molecule has 2 unspecified atom stereocenters. The lowest BCUT2D eigenvalue weighted by Gasteiger charge is -2.26. The molecule has 0 saturated heterocycles. The lowest BCUT2D eigenvalue weighted by Crippen LogP contribution is -2.35. The number of aliphatic imine (C=N–C) groups is 1. The SMILES string of the molecule is O=S(=O)(c1ccc2ccccc2c1)C1(CC(S)c2ncc[nH]2)C=CC=N1. The van der Waals surface area contributed by atoms with Crippen molar-refractivity contribution in [1.29, 1.82) is 0 Å². The molecular weight excluding hydrogens is 366 g/mol. The van der Waals surface area contributed by atoms with Crippen LogP contribution in [0.25, 0.3) is 10.8 Å². The molecule has 1 aliphatic rings. The number of nitrogens with one attached hydrogen (secondary N) is 1. The maximum absolute atomic E-state index is 13.5. The zero-order valence-corrected chi connectivity index (χ0v) is 15.5. The zero-order valence-electron chi connectivity index (χ0n) is 13.8. The van der Waals surface area contributed by atoms with Gasteiger partial charge in [0.15, 0.2) is 4.87 Å².